The monoisotopic (exact) mass is 369 g/mol. The highest BCUT2D eigenvalue weighted by Gasteiger charge is 2.19. The number of carbonyl (C=O) groups is 1. The molecule has 0 fully saturated rings. The lowest BCUT2D eigenvalue weighted by molar-refractivity contribution is 0.101. The van der Waals surface area contributed by atoms with E-state index in [1.165, 1.54) is 0 Å². The van der Waals surface area contributed by atoms with E-state index in [9.17, 15) is 4.79 Å². The van der Waals surface area contributed by atoms with E-state index < -0.39 is 0 Å². The Hall–Kier alpha value is -3.53. The van der Waals surface area contributed by atoms with Gasteiger partial charge in [0.25, 0.3) is 5.91 Å². The highest BCUT2D eigenvalue weighted by Crippen LogP contribution is 2.26. The predicted molar refractivity (Wildman–Crippen MR) is 116 cm³/mol. The van der Waals surface area contributed by atoms with Gasteiger partial charge in [-0.3, -0.25) is 4.79 Å². The maximum absolute atomic E-state index is 13.0. The van der Waals surface area contributed by atoms with Crippen molar-refractivity contribution in [3.8, 4) is 0 Å². The van der Waals surface area contributed by atoms with E-state index in [-0.39, 0.29) is 5.91 Å². The van der Waals surface area contributed by atoms with E-state index in [0.717, 1.165) is 45.8 Å². The average molecular weight is 369 g/mol. The summed E-state index contributed by atoms with van der Waals surface area (Å²) in [6.07, 6.45) is 0. The van der Waals surface area contributed by atoms with Crippen molar-refractivity contribution in [2.24, 2.45) is 0 Å². The molecule has 1 aromatic heterocycles. The number of aryl methyl sites for hydroxylation is 2. The van der Waals surface area contributed by atoms with Gasteiger partial charge in [0.15, 0.2) is 0 Å². The minimum Gasteiger partial charge on any atom is -0.356 e. The topological polar surface area (TPSA) is 46.1 Å². The number of anilines is 3. The van der Waals surface area contributed by atoms with E-state index in [0.29, 0.717) is 0 Å². The van der Waals surface area contributed by atoms with E-state index in [1.807, 2.05) is 73.7 Å². The number of aromatic nitrogens is 1. The van der Waals surface area contributed by atoms with Crippen LogP contribution in [0.4, 0.5) is 17.1 Å². The summed E-state index contributed by atoms with van der Waals surface area (Å²) in [5.74, 6) is -0.0840. The number of amides is 1. The van der Waals surface area contributed by atoms with Crippen LogP contribution in [0.25, 0.3) is 10.9 Å². The van der Waals surface area contributed by atoms with Gasteiger partial charge >= 0.3 is 0 Å². The van der Waals surface area contributed by atoms with Crippen molar-refractivity contribution in [1.82, 2.24) is 4.57 Å². The van der Waals surface area contributed by atoms with Gasteiger partial charge in [-0.2, -0.15) is 0 Å². The molecule has 0 atom stereocenters. The number of carbonyl (C=O) groups excluding carboxylic acids is 1. The van der Waals surface area contributed by atoms with Crippen molar-refractivity contribution in [1.29, 1.82) is 0 Å². The first-order valence-electron chi connectivity index (χ1n) is 9.48. The van der Waals surface area contributed by atoms with Crippen molar-refractivity contribution < 1.29 is 4.79 Å². The Balaban J connectivity index is 1.56. The summed E-state index contributed by atoms with van der Waals surface area (Å²) in [6, 6.07) is 25.9. The molecule has 0 radical (unpaired) electrons. The van der Waals surface area contributed by atoms with Gasteiger partial charge < -0.3 is 15.2 Å². The molecule has 4 aromatic rings. The summed E-state index contributed by atoms with van der Waals surface area (Å²) >= 11 is 0. The zero-order chi connectivity index (χ0) is 19.5. The fraction of sp³-hybridized carbons (Fsp3) is 0.125. The Morgan fingerprint density at radius 3 is 2.14 bits per heavy atom. The van der Waals surface area contributed by atoms with Crippen LogP contribution in [0.1, 0.15) is 23.0 Å². The third-order valence-corrected chi connectivity index (χ3v) is 4.96. The number of benzene rings is 3. The number of nitrogens with zero attached hydrogens (tertiary/aromatic N) is 1. The fourth-order valence-corrected chi connectivity index (χ4v) is 3.61. The molecule has 0 spiro atoms. The van der Waals surface area contributed by atoms with Gasteiger partial charge in [0, 0.05) is 34.5 Å². The average Bonchev–Trinajstić information content (AvgIpc) is 3.02. The molecule has 0 bridgehead atoms. The Morgan fingerprint density at radius 1 is 0.821 bits per heavy atom. The van der Waals surface area contributed by atoms with Crippen LogP contribution in [0.5, 0.6) is 0 Å². The molecular weight excluding hydrogens is 346 g/mol. The van der Waals surface area contributed by atoms with E-state index in [4.69, 9.17) is 0 Å². The van der Waals surface area contributed by atoms with Crippen molar-refractivity contribution in [3.63, 3.8) is 0 Å². The third-order valence-electron chi connectivity index (χ3n) is 4.96. The first kappa shape index (κ1) is 17.9. The normalized spacial score (nSPS) is 10.8. The standard InChI is InChI=1S/C24H23N3O/c1-3-27-22-12-8-7-11-21(22)17(2)23(27)24(28)26-20-15-13-19(14-16-20)25-18-9-5-4-6-10-18/h4-16,25H,3H2,1-2H3,(H,26,28). The van der Waals surface area contributed by atoms with Crippen LogP contribution in [-0.2, 0) is 6.54 Å². The number of hydrogen-bond acceptors (Lipinski definition) is 2. The SMILES string of the molecule is CCn1c(C(=O)Nc2ccc(Nc3ccccc3)cc2)c(C)c2ccccc21. The summed E-state index contributed by atoms with van der Waals surface area (Å²) in [5.41, 5.74) is 5.60. The lowest BCUT2D eigenvalue weighted by atomic mass is 10.1. The zero-order valence-corrected chi connectivity index (χ0v) is 16.1. The first-order valence-corrected chi connectivity index (χ1v) is 9.48. The number of hydrogen-bond donors (Lipinski definition) is 2. The summed E-state index contributed by atoms with van der Waals surface area (Å²) in [6.45, 7) is 4.82. The smallest absolute Gasteiger partial charge is 0.272 e. The van der Waals surface area contributed by atoms with Gasteiger partial charge in [-0.05, 0) is 61.9 Å². The quantitative estimate of drug-likeness (QED) is 0.455. The van der Waals surface area contributed by atoms with Crippen LogP contribution >= 0.6 is 0 Å². The molecule has 0 aliphatic heterocycles. The molecule has 28 heavy (non-hydrogen) atoms. The lowest BCUT2D eigenvalue weighted by Crippen LogP contribution is -2.17. The molecule has 1 amide bonds. The van der Waals surface area contributed by atoms with Crippen molar-refractivity contribution in [3.05, 3.63) is 90.1 Å². The van der Waals surface area contributed by atoms with Gasteiger partial charge in [0.2, 0.25) is 0 Å². The third kappa shape index (κ3) is 3.37. The summed E-state index contributed by atoms with van der Waals surface area (Å²) in [7, 11) is 0. The Kier molecular flexibility index (Phi) is 4.85. The number of para-hydroxylation sites is 2. The fourth-order valence-electron chi connectivity index (χ4n) is 3.61. The maximum atomic E-state index is 13.0. The molecule has 0 saturated heterocycles. The number of nitrogens with one attached hydrogen (secondary N) is 2. The summed E-state index contributed by atoms with van der Waals surface area (Å²) < 4.78 is 2.07. The largest absolute Gasteiger partial charge is 0.356 e. The molecule has 0 aliphatic rings. The molecular formula is C24H23N3O. The van der Waals surface area contributed by atoms with Gasteiger partial charge in [0.1, 0.15) is 5.69 Å². The predicted octanol–water partition coefficient (Wildman–Crippen LogP) is 5.97. The van der Waals surface area contributed by atoms with Crippen LogP contribution in [0.2, 0.25) is 0 Å². The van der Waals surface area contributed by atoms with Crippen molar-refractivity contribution in [2.75, 3.05) is 10.6 Å². The van der Waals surface area contributed by atoms with Crippen LogP contribution in [-0.4, -0.2) is 10.5 Å². The first-order chi connectivity index (χ1) is 13.7. The van der Waals surface area contributed by atoms with Crippen LogP contribution in [0.3, 0.4) is 0 Å². The van der Waals surface area contributed by atoms with Gasteiger partial charge in [-0.25, -0.2) is 0 Å². The van der Waals surface area contributed by atoms with E-state index in [1.54, 1.807) is 0 Å². The molecule has 0 saturated carbocycles. The van der Waals surface area contributed by atoms with Gasteiger partial charge in [0.05, 0.1) is 0 Å². The highest BCUT2D eigenvalue weighted by molar-refractivity contribution is 6.08. The second-order valence-corrected chi connectivity index (χ2v) is 6.76. The second-order valence-electron chi connectivity index (χ2n) is 6.76. The van der Waals surface area contributed by atoms with Crippen molar-refractivity contribution in [2.45, 2.75) is 20.4 Å². The Bertz CT molecular complexity index is 1110. The van der Waals surface area contributed by atoms with Gasteiger partial charge in [-0.15, -0.1) is 0 Å². The number of fused-ring (bicyclic) bond motifs is 1. The molecule has 140 valence electrons. The molecule has 3 aromatic carbocycles. The Morgan fingerprint density at radius 2 is 1.43 bits per heavy atom. The zero-order valence-electron chi connectivity index (χ0n) is 16.1. The maximum Gasteiger partial charge on any atom is 0.272 e. The molecule has 0 aliphatic carbocycles. The highest BCUT2D eigenvalue weighted by atomic mass is 16.2. The minimum absolute atomic E-state index is 0.0840. The van der Waals surface area contributed by atoms with Crippen LogP contribution < -0.4 is 10.6 Å². The van der Waals surface area contributed by atoms with Gasteiger partial charge in [-0.1, -0.05) is 36.4 Å². The minimum atomic E-state index is -0.0840. The second kappa shape index (κ2) is 7.61. The van der Waals surface area contributed by atoms with E-state index in [2.05, 4.69) is 34.3 Å². The van der Waals surface area contributed by atoms with Crippen molar-refractivity contribution >= 4 is 33.9 Å². The van der Waals surface area contributed by atoms with Crippen LogP contribution in [0.15, 0.2) is 78.9 Å². The summed E-state index contributed by atoms with van der Waals surface area (Å²) in [5, 5.41) is 7.50. The molecule has 4 nitrogen and oxygen atoms in total. The van der Waals surface area contributed by atoms with Crippen LogP contribution in [0, 0.1) is 6.92 Å². The van der Waals surface area contributed by atoms with E-state index >= 15 is 0 Å². The number of rotatable bonds is 5. The summed E-state index contributed by atoms with van der Waals surface area (Å²) in [4.78, 5) is 13.0. The Labute approximate surface area is 164 Å². The lowest BCUT2D eigenvalue weighted by Gasteiger charge is -2.11. The molecule has 2 N–H and O–H groups in total. The molecule has 0 unspecified atom stereocenters. The molecule has 4 heteroatoms. The molecule has 1 heterocycles. The molecule has 4 rings (SSSR count).